The van der Waals surface area contributed by atoms with Gasteiger partial charge in [-0.3, -0.25) is 14.8 Å². The fourth-order valence-electron chi connectivity index (χ4n) is 5.61. The molecule has 0 amide bonds. The molecule has 1 aromatic carbocycles. The van der Waals surface area contributed by atoms with E-state index in [0.29, 0.717) is 18.0 Å². The number of para-hydroxylation sites is 1. The zero-order valence-corrected chi connectivity index (χ0v) is 23.9. The lowest BCUT2D eigenvalue weighted by molar-refractivity contribution is 0.0179. The summed E-state index contributed by atoms with van der Waals surface area (Å²) in [5, 5.41) is 4.92. The molecular formula is C31H47ClN4O. The number of hydrogen-bond acceptors (Lipinski definition) is 5. The second-order valence-corrected chi connectivity index (χ2v) is 10.3. The van der Waals surface area contributed by atoms with Crippen molar-refractivity contribution in [1.29, 1.82) is 0 Å². The first-order valence-electron chi connectivity index (χ1n) is 14.0. The van der Waals surface area contributed by atoms with E-state index in [1.165, 1.54) is 55.8 Å². The number of ether oxygens (including phenoxy) is 1. The van der Waals surface area contributed by atoms with Gasteiger partial charge in [0.1, 0.15) is 0 Å². The average Bonchev–Trinajstić information content (AvgIpc) is 3.28. The van der Waals surface area contributed by atoms with Gasteiger partial charge in [-0.1, -0.05) is 67.6 Å². The van der Waals surface area contributed by atoms with Crippen LogP contribution in [0.4, 0.5) is 5.69 Å². The molecule has 0 radical (unpaired) electrons. The maximum atomic E-state index is 5.55. The minimum Gasteiger partial charge on any atom is -0.379 e. The molecule has 4 rings (SSSR count). The highest BCUT2D eigenvalue weighted by atomic mass is 35.5. The molecule has 37 heavy (non-hydrogen) atoms. The van der Waals surface area contributed by atoms with Crippen LogP contribution in [0.15, 0.2) is 78.5 Å². The Bertz CT molecular complexity index is 872. The van der Waals surface area contributed by atoms with Crippen LogP contribution in [0.5, 0.6) is 0 Å². The van der Waals surface area contributed by atoms with Crippen molar-refractivity contribution >= 4 is 17.3 Å². The van der Waals surface area contributed by atoms with Gasteiger partial charge in [-0.15, -0.1) is 0 Å². The molecule has 0 aliphatic carbocycles. The summed E-state index contributed by atoms with van der Waals surface area (Å²) in [5.74, 6) is 0.630. The normalized spacial score (nSPS) is 23.3. The Balaban J connectivity index is 0.000000695. The summed E-state index contributed by atoms with van der Waals surface area (Å²) >= 11 is 5.05. The van der Waals surface area contributed by atoms with Crippen LogP contribution in [0, 0.1) is 5.92 Å². The number of piperidine rings is 1. The zero-order valence-electron chi connectivity index (χ0n) is 23.1. The molecule has 2 saturated heterocycles. The highest BCUT2D eigenvalue weighted by Crippen LogP contribution is 2.37. The lowest BCUT2D eigenvalue weighted by Crippen LogP contribution is -2.50. The highest BCUT2D eigenvalue weighted by molar-refractivity contribution is 6.25. The lowest BCUT2D eigenvalue weighted by Gasteiger charge is -2.42. The molecule has 3 aliphatic heterocycles. The van der Waals surface area contributed by atoms with E-state index in [1.807, 2.05) is 0 Å². The van der Waals surface area contributed by atoms with E-state index in [0.717, 1.165) is 32.7 Å². The fraction of sp³-hybridized carbons (Fsp3) is 0.548. The van der Waals surface area contributed by atoms with Gasteiger partial charge in [0.05, 0.1) is 24.9 Å². The van der Waals surface area contributed by atoms with Gasteiger partial charge in [0.2, 0.25) is 0 Å². The second-order valence-electron chi connectivity index (χ2n) is 10.0. The van der Waals surface area contributed by atoms with Gasteiger partial charge < -0.3 is 4.74 Å². The summed E-state index contributed by atoms with van der Waals surface area (Å²) in [4.78, 5) is 5.36. The number of rotatable bonds is 9. The number of morpholine rings is 1. The molecule has 204 valence electrons. The van der Waals surface area contributed by atoms with E-state index < -0.39 is 0 Å². The first-order valence-corrected chi connectivity index (χ1v) is 14.4. The van der Waals surface area contributed by atoms with Gasteiger partial charge in [0.15, 0.2) is 0 Å². The van der Waals surface area contributed by atoms with Crippen LogP contribution in [-0.2, 0) is 4.74 Å². The summed E-state index contributed by atoms with van der Waals surface area (Å²) in [6.45, 7) is 15.4. The van der Waals surface area contributed by atoms with Crippen molar-refractivity contribution in [3.63, 3.8) is 0 Å². The molecule has 5 nitrogen and oxygen atoms in total. The molecule has 2 atom stereocenters. The smallest absolute Gasteiger partial charge is 0.0594 e. The number of likely N-dealkylation sites (N-methyl/N-ethyl adjacent to an activating group) is 1. The van der Waals surface area contributed by atoms with E-state index in [-0.39, 0.29) is 0 Å². The number of likely N-dealkylation sites (tertiary alicyclic amines) is 1. The fourth-order valence-corrected chi connectivity index (χ4v) is 5.71. The molecule has 6 heteroatoms. The van der Waals surface area contributed by atoms with Gasteiger partial charge in [-0.2, -0.15) is 0 Å². The van der Waals surface area contributed by atoms with Crippen LogP contribution in [0.3, 0.4) is 0 Å². The van der Waals surface area contributed by atoms with E-state index in [2.05, 4.69) is 95.9 Å². The van der Waals surface area contributed by atoms with E-state index >= 15 is 0 Å². The number of halogens is 1. The molecule has 1 aromatic rings. The predicted molar refractivity (Wildman–Crippen MR) is 159 cm³/mol. The maximum absolute atomic E-state index is 5.55. The first-order chi connectivity index (χ1) is 18.1. The molecule has 3 heterocycles. The quantitative estimate of drug-likeness (QED) is 0.276. The molecule has 0 N–H and O–H groups in total. The van der Waals surface area contributed by atoms with Crippen LogP contribution in [-0.4, -0.2) is 79.9 Å². The highest BCUT2D eigenvalue weighted by Gasteiger charge is 2.36. The molecule has 0 spiro atoms. The number of hydrogen-bond donors (Lipinski definition) is 0. The predicted octanol–water partition coefficient (Wildman–Crippen LogP) is 6.32. The molecular weight excluding hydrogens is 480 g/mol. The van der Waals surface area contributed by atoms with Gasteiger partial charge in [0, 0.05) is 49.9 Å². The van der Waals surface area contributed by atoms with Gasteiger partial charge >= 0.3 is 0 Å². The van der Waals surface area contributed by atoms with Gasteiger partial charge in [0.25, 0.3) is 0 Å². The number of nitrogens with zero attached hydrogens (tertiary/aromatic N) is 4. The third kappa shape index (κ3) is 8.56. The molecule has 0 saturated carbocycles. The maximum Gasteiger partial charge on any atom is 0.0594 e. The van der Waals surface area contributed by atoms with Crippen molar-refractivity contribution in [3.8, 4) is 0 Å². The Morgan fingerprint density at radius 3 is 2.38 bits per heavy atom. The van der Waals surface area contributed by atoms with Crippen LogP contribution < -0.4 is 5.01 Å². The summed E-state index contributed by atoms with van der Waals surface area (Å²) in [6.07, 6.45) is 15.1. The van der Waals surface area contributed by atoms with Crippen LogP contribution in [0.25, 0.3) is 0 Å². The Hall–Kier alpha value is -1.89. The summed E-state index contributed by atoms with van der Waals surface area (Å²) in [5.41, 5.74) is 4.20. The topological polar surface area (TPSA) is 22.2 Å². The van der Waals surface area contributed by atoms with E-state index in [1.54, 1.807) is 12.2 Å². The lowest BCUT2D eigenvalue weighted by atomic mass is 9.91. The minimum absolute atomic E-state index is 0.434. The van der Waals surface area contributed by atoms with Gasteiger partial charge in [-0.05, 0) is 63.9 Å². The number of benzene rings is 1. The van der Waals surface area contributed by atoms with Crippen molar-refractivity contribution in [2.75, 3.05) is 58.0 Å². The van der Waals surface area contributed by atoms with Gasteiger partial charge in [-0.25, -0.2) is 5.01 Å². The SMILES string of the molecule is C/C=C\CC1C=C(C2CCN(C(CC)CN3CCOCC3)CC2)N(c2ccccc2)N1C.C=C/C=C/Cl. The summed E-state index contributed by atoms with van der Waals surface area (Å²) in [6, 6.07) is 12.0. The van der Waals surface area contributed by atoms with Crippen LogP contribution >= 0.6 is 11.6 Å². The number of anilines is 1. The first kappa shape index (κ1) is 29.7. The van der Waals surface area contributed by atoms with Crippen molar-refractivity contribution < 1.29 is 4.74 Å². The molecule has 0 aromatic heterocycles. The molecule has 2 fully saturated rings. The third-order valence-electron chi connectivity index (χ3n) is 7.73. The Morgan fingerprint density at radius 1 is 1.11 bits per heavy atom. The Labute approximate surface area is 230 Å². The van der Waals surface area contributed by atoms with Crippen molar-refractivity contribution in [2.45, 2.75) is 51.6 Å². The Morgan fingerprint density at radius 2 is 1.81 bits per heavy atom. The Kier molecular flexibility index (Phi) is 13.0. The van der Waals surface area contributed by atoms with Crippen LogP contribution in [0.2, 0.25) is 0 Å². The zero-order chi connectivity index (χ0) is 26.5. The standard InChI is InChI=1S/C27H42N4O.C4H5Cl/c1-4-6-10-26-21-27(31(28(26)3)25-11-8-7-9-12-25)23-13-15-30(16-14-23)24(5-2)22-29-17-19-32-20-18-29;1-2-3-4-5/h4,6-9,11-12,21,23-24,26H,5,10,13-20,22H2,1-3H3;2-4H,1H2/b6-4-;4-3+. The molecule has 3 aliphatic rings. The monoisotopic (exact) mass is 526 g/mol. The van der Waals surface area contributed by atoms with Crippen molar-refractivity contribution in [3.05, 3.63) is 78.5 Å². The molecule has 2 unspecified atom stereocenters. The summed E-state index contributed by atoms with van der Waals surface area (Å²) < 4.78 is 5.55. The van der Waals surface area contributed by atoms with E-state index in [4.69, 9.17) is 16.3 Å². The molecule has 0 bridgehead atoms. The largest absolute Gasteiger partial charge is 0.379 e. The number of allylic oxidation sites excluding steroid dienone is 4. The third-order valence-corrected chi connectivity index (χ3v) is 7.88. The summed E-state index contributed by atoms with van der Waals surface area (Å²) in [7, 11) is 2.25. The number of hydrazine groups is 1. The second kappa shape index (κ2) is 16.2. The van der Waals surface area contributed by atoms with Crippen LogP contribution in [0.1, 0.15) is 39.5 Å². The average molecular weight is 527 g/mol. The minimum atomic E-state index is 0.434. The van der Waals surface area contributed by atoms with Crippen molar-refractivity contribution in [1.82, 2.24) is 14.8 Å². The van der Waals surface area contributed by atoms with Crippen molar-refractivity contribution in [2.24, 2.45) is 5.92 Å². The van der Waals surface area contributed by atoms with E-state index in [9.17, 15) is 0 Å².